The molecule has 0 radical (unpaired) electrons. The lowest BCUT2D eigenvalue weighted by Crippen LogP contribution is -2.18. The lowest BCUT2D eigenvalue weighted by atomic mass is 9.89. The second-order valence-corrected chi connectivity index (χ2v) is 9.15. The van der Waals surface area contributed by atoms with Gasteiger partial charge in [0.1, 0.15) is 0 Å². The second kappa shape index (κ2) is 5.87. The maximum absolute atomic E-state index is 4.84. The van der Waals surface area contributed by atoms with Crippen molar-refractivity contribution in [3.05, 3.63) is 59.4 Å². The largest absolute Gasteiger partial charge is 0.235 e. The third-order valence-electron chi connectivity index (χ3n) is 4.73. The summed E-state index contributed by atoms with van der Waals surface area (Å²) in [5, 5.41) is 9.17. The normalized spacial score (nSPS) is 13.0. The van der Waals surface area contributed by atoms with Gasteiger partial charge >= 0.3 is 0 Å². The van der Waals surface area contributed by atoms with Gasteiger partial charge in [0, 0.05) is 23.4 Å². The van der Waals surface area contributed by atoms with Gasteiger partial charge in [0.05, 0.1) is 29.5 Å². The van der Waals surface area contributed by atoms with Crippen molar-refractivity contribution < 1.29 is 0 Å². The number of aromatic nitrogens is 6. The number of hydrogen-bond acceptors (Lipinski definition) is 4. The molecule has 0 saturated carbocycles. The van der Waals surface area contributed by atoms with Crippen LogP contribution in [0.25, 0.3) is 11.3 Å². The Kier molecular flexibility index (Phi) is 3.84. The van der Waals surface area contributed by atoms with Crippen LogP contribution in [-0.2, 0) is 17.3 Å². The fourth-order valence-corrected chi connectivity index (χ4v) is 3.52. The molecule has 140 valence electrons. The summed E-state index contributed by atoms with van der Waals surface area (Å²) in [6.07, 6.45) is 6.35. The molecule has 0 fully saturated rings. The van der Waals surface area contributed by atoms with Crippen molar-refractivity contribution in [2.45, 2.75) is 58.8 Å². The first kappa shape index (κ1) is 17.6. The molecule has 0 aliphatic carbocycles. The minimum absolute atomic E-state index is 0.000600. The van der Waals surface area contributed by atoms with E-state index >= 15 is 0 Å². The summed E-state index contributed by atoms with van der Waals surface area (Å²) in [6, 6.07) is 6.02. The van der Waals surface area contributed by atoms with Crippen molar-refractivity contribution in [2.75, 3.05) is 0 Å². The van der Waals surface area contributed by atoms with Gasteiger partial charge in [-0.3, -0.25) is 0 Å². The van der Waals surface area contributed by atoms with Crippen LogP contribution in [0, 0.1) is 0 Å². The smallest absolute Gasteiger partial charge is 0.154 e. The lowest BCUT2D eigenvalue weighted by molar-refractivity contribution is 0.544. The number of imidazole rings is 2. The van der Waals surface area contributed by atoms with Crippen LogP contribution in [0.4, 0.5) is 0 Å². The molecule has 0 saturated heterocycles. The molecule has 0 amide bonds. The van der Waals surface area contributed by atoms with Crippen molar-refractivity contribution in [3.63, 3.8) is 0 Å². The third-order valence-corrected chi connectivity index (χ3v) is 4.73. The van der Waals surface area contributed by atoms with Gasteiger partial charge in [-0.15, -0.1) is 0 Å². The summed E-state index contributed by atoms with van der Waals surface area (Å²) in [5.41, 5.74) is 6.07. The maximum Gasteiger partial charge on any atom is 0.154 e. The first-order valence-electron chi connectivity index (χ1n) is 9.31. The Morgan fingerprint density at radius 1 is 0.889 bits per heavy atom. The summed E-state index contributed by atoms with van der Waals surface area (Å²) in [4.78, 5) is 9.41. The Morgan fingerprint density at radius 2 is 1.67 bits per heavy atom. The molecule has 0 aromatic carbocycles. The second-order valence-electron chi connectivity index (χ2n) is 9.15. The van der Waals surface area contributed by atoms with Crippen molar-refractivity contribution in [2.24, 2.45) is 0 Å². The molecule has 4 heterocycles. The predicted molar refractivity (Wildman–Crippen MR) is 106 cm³/mol. The van der Waals surface area contributed by atoms with Gasteiger partial charge in [0.25, 0.3) is 0 Å². The van der Waals surface area contributed by atoms with Crippen molar-refractivity contribution in [3.8, 4) is 0 Å². The number of rotatable bonds is 2. The van der Waals surface area contributed by atoms with Gasteiger partial charge in [-0.1, -0.05) is 41.5 Å². The maximum atomic E-state index is 4.84. The molecule has 0 aliphatic rings. The fourth-order valence-electron chi connectivity index (χ4n) is 3.52. The Labute approximate surface area is 159 Å². The highest BCUT2D eigenvalue weighted by atomic mass is 15.3. The molecule has 0 N–H and O–H groups in total. The predicted octanol–water partition coefficient (Wildman–Crippen LogP) is 3.96. The summed E-state index contributed by atoms with van der Waals surface area (Å²) >= 11 is 0. The van der Waals surface area contributed by atoms with E-state index in [0.29, 0.717) is 6.42 Å². The van der Waals surface area contributed by atoms with Gasteiger partial charge in [0.2, 0.25) is 0 Å². The topological polar surface area (TPSA) is 60.4 Å². The highest BCUT2D eigenvalue weighted by molar-refractivity contribution is 5.47. The van der Waals surface area contributed by atoms with Crippen molar-refractivity contribution in [1.29, 1.82) is 0 Å². The van der Waals surface area contributed by atoms with Crippen LogP contribution >= 0.6 is 0 Å². The summed E-state index contributed by atoms with van der Waals surface area (Å²) in [6.45, 7) is 13.1. The Bertz CT molecular complexity index is 1120. The summed E-state index contributed by atoms with van der Waals surface area (Å²) < 4.78 is 3.88. The van der Waals surface area contributed by atoms with Gasteiger partial charge in [-0.05, 0) is 23.8 Å². The first-order chi connectivity index (χ1) is 12.6. The van der Waals surface area contributed by atoms with Crippen LogP contribution in [-0.4, -0.2) is 29.2 Å². The zero-order chi connectivity index (χ0) is 19.4. The highest BCUT2D eigenvalue weighted by Gasteiger charge is 2.25. The van der Waals surface area contributed by atoms with E-state index in [2.05, 4.69) is 62.8 Å². The standard InChI is InChI=1S/C21H26N6/c1-20(2,3)16-13-22-18-11-14(12-24-26(16)18)10-15-19(21(4,5)6)27-17(25-15)8-7-9-23-27/h7-9,11-13H,10H2,1-6H3. The molecule has 0 aliphatic heterocycles. The number of nitrogens with zero attached hydrogens (tertiary/aromatic N) is 6. The zero-order valence-electron chi connectivity index (χ0n) is 16.9. The average Bonchev–Trinajstić information content (AvgIpc) is 3.14. The van der Waals surface area contributed by atoms with Gasteiger partial charge in [-0.2, -0.15) is 10.2 Å². The fraction of sp³-hybridized carbons (Fsp3) is 0.429. The Hall–Kier alpha value is -2.76. The van der Waals surface area contributed by atoms with Crippen LogP contribution in [0.3, 0.4) is 0 Å². The van der Waals surface area contributed by atoms with E-state index in [1.165, 1.54) is 0 Å². The van der Waals surface area contributed by atoms with E-state index in [9.17, 15) is 0 Å². The number of hydrogen-bond donors (Lipinski definition) is 0. The lowest BCUT2D eigenvalue weighted by Gasteiger charge is -2.19. The van der Waals surface area contributed by atoms with Crippen LogP contribution in [0.15, 0.2) is 36.8 Å². The van der Waals surface area contributed by atoms with E-state index in [1.54, 1.807) is 6.20 Å². The molecular formula is C21H26N6. The molecule has 0 atom stereocenters. The molecule has 6 heteroatoms. The quantitative estimate of drug-likeness (QED) is 0.541. The summed E-state index contributed by atoms with van der Waals surface area (Å²) in [5.74, 6) is 0. The van der Waals surface area contributed by atoms with E-state index in [0.717, 1.165) is 33.9 Å². The molecule has 4 aromatic heterocycles. The molecule has 4 aromatic rings. The first-order valence-corrected chi connectivity index (χ1v) is 9.31. The average molecular weight is 362 g/mol. The molecule has 0 bridgehead atoms. The van der Waals surface area contributed by atoms with Crippen LogP contribution in [0.5, 0.6) is 0 Å². The minimum Gasteiger partial charge on any atom is -0.235 e. The van der Waals surface area contributed by atoms with Crippen LogP contribution in [0.1, 0.15) is 64.2 Å². The van der Waals surface area contributed by atoms with E-state index < -0.39 is 0 Å². The van der Waals surface area contributed by atoms with E-state index in [4.69, 9.17) is 4.98 Å². The van der Waals surface area contributed by atoms with E-state index in [-0.39, 0.29) is 10.8 Å². The Balaban J connectivity index is 1.79. The molecule has 4 rings (SSSR count). The van der Waals surface area contributed by atoms with Crippen molar-refractivity contribution in [1.82, 2.24) is 29.2 Å². The molecule has 27 heavy (non-hydrogen) atoms. The minimum atomic E-state index is -0.0622. The molecule has 0 spiro atoms. The molecule has 6 nitrogen and oxygen atoms in total. The van der Waals surface area contributed by atoms with Crippen LogP contribution in [0.2, 0.25) is 0 Å². The van der Waals surface area contributed by atoms with Gasteiger partial charge in [-0.25, -0.2) is 19.0 Å². The SMILES string of the molecule is CC(C)(C)c1cnc2cc(Cc3nc4cccnn4c3C(C)(C)C)cnn12. The van der Waals surface area contributed by atoms with Crippen LogP contribution < -0.4 is 0 Å². The highest BCUT2D eigenvalue weighted by Crippen LogP contribution is 2.28. The number of fused-ring (bicyclic) bond motifs is 2. The van der Waals surface area contributed by atoms with E-state index in [1.807, 2.05) is 33.6 Å². The Morgan fingerprint density at radius 3 is 2.37 bits per heavy atom. The third kappa shape index (κ3) is 3.09. The molecule has 0 unspecified atom stereocenters. The van der Waals surface area contributed by atoms with Crippen molar-refractivity contribution >= 4 is 11.3 Å². The van der Waals surface area contributed by atoms with Gasteiger partial charge in [0.15, 0.2) is 11.3 Å². The molecular weight excluding hydrogens is 336 g/mol. The summed E-state index contributed by atoms with van der Waals surface area (Å²) in [7, 11) is 0. The monoisotopic (exact) mass is 362 g/mol. The zero-order valence-corrected chi connectivity index (χ0v) is 16.9. The van der Waals surface area contributed by atoms with Gasteiger partial charge < -0.3 is 0 Å².